The molecule has 0 atom stereocenters. The Kier molecular flexibility index (Phi) is 9.15. The molecule has 0 spiro atoms. The summed E-state index contributed by atoms with van der Waals surface area (Å²) in [5.41, 5.74) is 1.82. The molecule has 1 heterocycles. The zero-order valence-electron chi connectivity index (χ0n) is 19.4. The second-order valence-corrected chi connectivity index (χ2v) is 10.2. The van der Waals surface area contributed by atoms with E-state index in [1.165, 1.54) is 11.8 Å². The minimum Gasteiger partial charge on any atom is -0.490 e. The molecule has 3 aromatic rings. The average Bonchev–Trinajstić information content (AvgIpc) is 3.22. The molecule has 1 saturated heterocycles. The molecule has 0 aliphatic carbocycles. The first kappa shape index (κ1) is 27.1. The number of hydrogen-bond acceptors (Lipinski definition) is 6. The number of carbonyl (C=O) groups excluding carboxylic acids is 2. The predicted octanol–water partition coefficient (Wildman–Crippen LogP) is 7.06. The zero-order valence-corrected chi connectivity index (χ0v) is 23.3. The van der Waals surface area contributed by atoms with Gasteiger partial charge in [-0.05, 0) is 66.7 Å². The number of amides is 2. The number of nitrogens with zero attached hydrogens (tertiary/aromatic N) is 1. The summed E-state index contributed by atoms with van der Waals surface area (Å²) in [6, 6.07) is 17.6. The van der Waals surface area contributed by atoms with Crippen molar-refractivity contribution >= 4 is 85.3 Å². The minimum absolute atomic E-state index is 0.202. The van der Waals surface area contributed by atoms with Gasteiger partial charge in [0.05, 0.1) is 27.2 Å². The summed E-state index contributed by atoms with van der Waals surface area (Å²) in [5, 5.41) is 6.56. The van der Waals surface area contributed by atoms with Crippen molar-refractivity contribution in [3.8, 4) is 11.5 Å². The highest BCUT2D eigenvalue weighted by Gasteiger charge is 2.25. The lowest BCUT2D eigenvalue weighted by Crippen LogP contribution is -2.20. The van der Waals surface area contributed by atoms with Gasteiger partial charge < -0.3 is 20.1 Å². The van der Waals surface area contributed by atoms with Crippen LogP contribution < -0.4 is 20.1 Å². The molecule has 11 heteroatoms. The van der Waals surface area contributed by atoms with E-state index in [9.17, 15) is 9.59 Å². The van der Waals surface area contributed by atoms with Gasteiger partial charge in [0.2, 0.25) is 0 Å². The molecule has 4 rings (SSSR count). The molecule has 2 N–H and O–H groups in total. The molecular weight excluding hydrogens is 601 g/mol. The van der Waals surface area contributed by atoms with Crippen molar-refractivity contribution in [2.45, 2.75) is 6.92 Å². The van der Waals surface area contributed by atoms with Crippen LogP contribution in [0.1, 0.15) is 12.5 Å². The second kappa shape index (κ2) is 12.5. The van der Waals surface area contributed by atoms with Gasteiger partial charge >= 0.3 is 0 Å². The van der Waals surface area contributed by atoms with Crippen molar-refractivity contribution in [3.63, 3.8) is 0 Å². The Labute approximate surface area is 236 Å². The standard InChI is InChI=1S/C26H20BrCl2N3O4S/c1-2-35-20-11-15(17(27)13-21(20)36-14-23(33)30-16-7-4-3-5-8-16)12-22-25(34)32-26(37-22)31-19-10-6-9-18(28)24(19)29/h3-13H,2,14H2,1H3,(H,30,33)(H,31,32,34)/b22-12+. The molecule has 37 heavy (non-hydrogen) atoms. The number of amidine groups is 1. The normalized spacial score (nSPS) is 15.1. The largest absolute Gasteiger partial charge is 0.490 e. The van der Waals surface area contributed by atoms with Crippen LogP contribution >= 0.6 is 50.9 Å². The lowest BCUT2D eigenvalue weighted by Gasteiger charge is -2.14. The van der Waals surface area contributed by atoms with E-state index in [4.69, 9.17) is 32.7 Å². The lowest BCUT2D eigenvalue weighted by atomic mass is 10.2. The predicted molar refractivity (Wildman–Crippen MR) is 153 cm³/mol. The summed E-state index contributed by atoms with van der Waals surface area (Å²) in [7, 11) is 0. The molecular formula is C26H20BrCl2N3O4S. The van der Waals surface area contributed by atoms with Gasteiger partial charge in [-0.3, -0.25) is 9.59 Å². The van der Waals surface area contributed by atoms with Crippen LogP contribution in [0.15, 0.2) is 75.0 Å². The molecule has 190 valence electrons. The van der Waals surface area contributed by atoms with Crippen LogP contribution in [0.4, 0.5) is 11.4 Å². The Balaban J connectivity index is 1.51. The third-order valence-electron chi connectivity index (χ3n) is 4.87. The van der Waals surface area contributed by atoms with Crippen molar-refractivity contribution in [1.82, 2.24) is 5.32 Å². The van der Waals surface area contributed by atoms with E-state index in [1.54, 1.807) is 48.5 Å². The Bertz CT molecular complexity index is 1400. The number of ether oxygens (including phenoxy) is 2. The van der Waals surface area contributed by atoms with Crippen LogP contribution in [-0.2, 0) is 9.59 Å². The number of carbonyl (C=O) groups is 2. The Morgan fingerprint density at radius 1 is 1.11 bits per heavy atom. The highest BCUT2D eigenvalue weighted by Crippen LogP contribution is 2.38. The average molecular weight is 621 g/mol. The third-order valence-corrected chi connectivity index (χ3v) is 7.28. The number of halogens is 3. The summed E-state index contributed by atoms with van der Waals surface area (Å²) in [4.78, 5) is 29.7. The van der Waals surface area contributed by atoms with Gasteiger partial charge in [-0.15, -0.1) is 0 Å². The lowest BCUT2D eigenvalue weighted by molar-refractivity contribution is -0.118. The third kappa shape index (κ3) is 7.07. The van der Waals surface area contributed by atoms with Crippen LogP contribution in [0, 0.1) is 0 Å². The number of para-hydroxylation sites is 1. The molecule has 0 radical (unpaired) electrons. The molecule has 0 saturated carbocycles. The van der Waals surface area contributed by atoms with E-state index in [0.717, 1.165) is 0 Å². The number of nitrogens with one attached hydrogen (secondary N) is 2. The maximum Gasteiger partial charge on any atom is 0.264 e. The SMILES string of the molecule is CCOc1cc(/C=C2/SC(=Nc3cccc(Cl)c3Cl)NC2=O)c(Br)cc1OCC(=O)Nc1ccccc1. The molecule has 7 nitrogen and oxygen atoms in total. The fourth-order valence-electron chi connectivity index (χ4n) is 3.21. The molecule has 1 aliphatic heterocycles. The van der Waals surface area contributed by atoms with E-state index in [0.29, 0.717) is 59.6 Å². The first-order valence-electron chi connectivity index (χ1n) is 11.0. The van der Waals surface area contributed by atoms with Gasteiger partial charge in [0.15, 0.2) is 23.3 Å². The highest BCUT2D eigenvalue weighted by molar-refractivity contribution is 9.10. The summed E-state index contributed by atoms with van der Waals surface area (Å²) < 4.78 is 12.1. The Hall–Kier alpha value is -2.98. The zero-order chi connectivity index (χ0) is 26.4. The van der Waals surface area contributed by atoms with Gasteiger partial charge in [-0.25, -0.2) is 4.99 Å². The van der Waals surface area contributed by atoms with Gasteiger partial charge in [-0.2, -0.15) is 0 Å². The number of hydrogen-bond donors (Lipinski definition) is 2. The fourth-order valence-corrected chi connectivity index (χ4v) is 4.81. The van der Waals surface area contributed by atoms with Crippen molar-refractivity contribution in [2.75, 3.05) is 18.5 Å². The van der Waals surface area contributed by atoms with Crippen molar-refractivity contribution in [1.29, 1.82) is 0 Å². The van der Waals surface area contributed by atoms with E-state index in [1.807, 2.05) is 25.1 Å². The summed E-state index contributed by atoms with van der Waals surface area (Å²) in [6.07, 6.45) is 1.71. The van der Waals surface area contributed by atoms with Crippen LogP contribution in [0.3, 0.4) is 0 Å². The van der Waals surface area contributed by atoms with Gasteiger partial charge in [0.25, 0.3) is 11.8 Å². The Morgan fingerprint density at radius 2 is 1.86 bits per heavy atom. The highest BCUT2D eigenvalue weighted by atomic mass is 79.9. The van der Waals surface area contributed by atoms with E-state index in [-0.39, 0.29) is 18.4 Å². The Morgan fingerprint density at radius 3 is 2.62 bits per heavy atom. The fraction of sp³-hybridized carbons (Fsp3) is 0.115. The van der Waals surface area contributed by atoms with Crippen molar-refractivity contribution in [2.24, 2.45) is 4.99 Å². The number of thioether (sulfide) groups is 1. The van der Waals surface area contributed by atoms with Crippen LogP contribution in [0.5, 0.6) is 11.5 Å². The van der Waals surface area contributed by atoms with Crippen LogP contribution in [0.2, 0.25) is 10.0 Å². The summed E-state index contributed by atoms with van der Waals surface area (Å²) in [5.74, 6) is 0.222. The van der Waals surface area contributed by atoms with E-state index < -0.39 is 0 Å². The second-order valence-electron chi connectivity index (χ2n) is 7.51. The topological polar surface area (TPSA) is 89.0 Å². The molecule has 1 fully saturated rings. The molecule has 0 bridgehead atoms. The minimum atomic E-state index is -0.304. The summed E-state index contributed by atoms with van der Waals surface area (Å²) in [6.45, 7) is 2.03. The quantitative estimate of drug-likeness (QED) is 0.263. The number of anilines is 1. The molecule has 2 amide bonds. The number of benzene rings is 3. The first-order chi connectivity index (χ1) is 17.8. The number of rotatable bonds is 8. The maximum atomic E-state index is 12.6. The van der Waals surface area contributed by atoms with E-state index >= 15 is 0 Å². The molecule has 1 aliphatic rings. The molecule has 0 aromatic heterocycles. The smallest absolute Gasteiger partial charge is 0.264 e. The van der Waals surface area contributed by atoms with Crippen molar-refractivity contribution < 1.29 is 19.1 Å². The van der Waals surface area contributed by atoms with Gasteiger partial charge in [-0.1, -0.05) is 63.4 Å². The molecule has 3 aromatic carbocycles. The van der Waals surface area contributed by atoms with Crippen LogP contribution in [0.25, 0.3) is 6.08 Å². The van der Waals surface area contributed by atoms with Crippen molar-refractivity contribution in [3.05, 3.63) is 85.7 Å². The summed E-state index contributed by atoms with van der Waals surface area (Å²) >= 11 is 17.0. The monoisotopic (exact) mass is 619 g/mol. The van der Waals surface area contributed by atoms with Gasteiger partial charge in [0, 0.05) is 10.2 Å². The van der Waals surface area contributed by atoms with Gasteiger partial charge in [0.1, 0.15) is 0 Å². The first-order valence-corrected chi connectivity index (χ1v) is 13.4. The van der Waals surface area contributed by atoms with Crippen LogP contribution in [-0.4, -0.2) is 30.2 Å². The maximum absolute atomic E-state index is 12.6. The van der Waals surface area contributed by atoms with E-state index in [2.05, 4.69) is 31.6 Å². The number of aliphatic imine (C=N–C) groups is 1. The molecule has 0 unspecified atom stereocenters.